The molecule has 1 N–H and O–H groups in total. The quantitative estimate of drug-likeness (QED) is 0.472. The third kappa shape index (κ3) is 7.92. The summed E-state index contributed by atoms with van der Waals surface area (Å²) in [5.41, 5.74) is 3.84. The Kier molecular flexibility index (Phi) is 6.97. The molecule has 0 atom stereocenters. The van der Waals surface area contributed by atoms with Gasteiger partial charge in [-0.1, -0.05) is 18.0 Å². The summed E-state index contributed by atoms with van der Waals surface area (Å²) in [6.45, 7) is 4.67. The van der Waals surface area contributed by atoms with Crippen molar-refractivity contribution in [3.63, 3.8) is 0 Å². The van der Waals surface area contributed by atoms with Crippen LogP contribution in [0.4, 0.5) is 0 Å². The molecule has 2 heteroatoms. The van der Waals surface area contributed by atoms with E-state index < -0.39 is 0 Å². The second kappa shape index (κ2) is 7.03. The van der Waals surface area contributed by atoms with Crippen molar-refractivity contribution in [3.05, 3.63) is 11.3 Å². The van der Waals surface area contributed by atoms with E-state index in [1.165, 1.54) is 18.0 Å². The van der Waals surface area contributed by atoms with Gasteiger partial charge in [0.2, 0.25) is 0 Å². The summed E-state index contributed by atoms with van der Waals surface area (Å²) in [4.78, 5) is 0. The number of hydrogen-bond donors (Lipinski definition) is 1. The zero-order valence-corrected chi connectivity index (χ0v) is 8.47. The van der Waals surface area contributed by atoms with Crippen LogP contribution in [0.2, 0.25) is 6.04 Å². The second-order valence-corrected chi connectivity index (χ2v) is 4.55. The Morgan fingerprint density at radius 3 is 2.60 bits per heavy atom. The van der Waals surface area contributed by atoms with Gasteiger partial charge in [0.1, 0.15) is 0 Å². The third-order valence-corrected chi connectivity index (χ3v) is 3.43. The highest BCUT2D eigenvalue weighted by atomic mass is 28.2. The van der Waals surface area contributed by atoms with E-state index in [-0.39, 0.29) is 9.52 Å². The molecule has 0 radical (unpaired) electrons. The molecule has 1 nitrogen and oxygen atoms in total. The van der Waals surface area contributed by atoms with Gasteiger partial charge in [-0.25, -0.2) is 0 Å². The fourth-order valence-corrected chi connectivity index (χ4v) is 2.25. The maximum atomic E-state index is 8.47. The van der Waals surface area contributed by atoms with Gasteiger partial charge in [0.25, 0.3) is 0 Å². The van der Waals surface area contributed by atoms with Crippen molar-refractivity contribution in [3.8, 4) is 0 Å². The van der Waals surface area contributed by atoms with Crippen LogP contribution in [0.1, 0.15) is 26.7 Å². The van der Waals surface area contributed by atoms with Crippen LogP contribution in [0.15, 0.2) is 11.3 Å². The predicted octanol–water partition coefficient (Wildman–Crippen LogP) is 1.27. The first-order valence-corrected chi connectivity index (χ1v) is 5.83. The molecule has 0 aromatic heterocycles. The Morgan fingerprint density at radius 2 is 2.10 bits per heavy atom. The van der Waals surface area contributed by atoms with Crippen molar-refractivity contribution in [2.45, 2.75) is 32.7 Å². The van der Waals surface area contributed by atoms with E-state index in [9.17, 15) is 0 Å². The van der Waals surface area contributed by atoms with Crippen LogP contribution in [0.3, 0.4) is 0 Å². The first kappa shape index (κ1) is 9.92. The van der Waals surface area contributed by atoms with Gasteiger partial charge in [-0.05, 0) is 20.3 Å². The van der Waals surface area contributed by atoms with Crippen LogP contribution in [0.5, 0.6) is 0 Å². The molecular weight excluding hydrogens is 140 g/mol. The molecule has 0 heterocycles. The molecule has 0 spiro atoms. The Morgan fingerprint density at radius 1 is 1.40 bits per heavy atom. The summed E-state index contributed by atoms with van der Waals surface area (Å²) >= 11 is 0. The molecule has 0 bridgehead atoms. The molecule has 0 aliphatic carbocycles. The van der Waals surface area contributed by atoms with Crippen molar-refractivity contribution < 1.29 is 5.11 Å². The fraction of sp³-hybridized carbons (Fsp3) is 0.750. The summed E-state index contributed by atoms with van der Waals surface area (Å²) in [5, 5.41) is 8.47. The zero-order valence-electron chi connectivity index (χ0n) is 7.06. The van der Waals surface area contributed by atoms with Crippen LogP contribution in [-0.2, 0) is 0 Å². The molecule has 0 saturated heterocycles. The molecule has 10 heavy (non-hydrogen) atoms. The van der Waals surface area contributed by atoms with Gasteiger partial charge in [0.15, 0.2) is 0 Å². The van der Waals surface area contributed by atoms with E-state index in [4.69, 9.17) is 5.11 Å². The van der Waals surface area contributed by atoms with E-state index >= 15 is 0 Å². The van der Waals surface area contributed by atoms with E-state index in [1.54, 1.807) is 0 Å². The number of aliphatic hydroxyl groups is 1. The minimum Gasteiger partial charge on any atom is -0.396 e. The largest absolute Gasteiger partial charge is 0.396 e. The maximum absolute atomic E-state index is 8.47. The molecule has 0 aliphatic heterocycles. The molecule has 0 amide bonds. The van der Waals surface area contributed by atoms with Gasteiger partial charge in [0, 0.05) is 16.1 Å². The highest BCUT2D eigenvalue weighted by Crippen LogP contribution is 1.95. The molecule has 60 valence electrons. The number of aliphatic hydroxyl groups excluding tert-OH is 1. The summed E-state index contributed by atoms with van der Waals surface area (Å²) in [6.07, 6.45) is 2.20. The van der Waals surface area contributed by atoms with E-state index in [0.29, 0.717) is 6.61 Å². The lowest BCUT2D eigenvalue weighted by Gasteiger charge is -1.93. The summed E-state index contributed by atoms with van der Waals surface area (Å²) in [5.74, 6) is 0. The normalized spacial score (nSPS) is 10.7. The molecule has 0 aliphatic rings. The lowest BCUT2D eigenvalue weighted by molar-refractivity contribution is 0.287. The van der Waals surface area contributed by atoms with Crippen LogP contribution in [0.25, 0.3) is 0 Å². The van der Waals surface area contributed by atoms with Crippen molar-refractivity contribution in [2.24, 2.45) is 0 Å². The monoisotopic (exact) mass is 158 g/mol. The first-order chi connectivity index (χ1) is 4.77. The van der Waals surface area contributed by atoms with Gasteiger partial charge in [-0.3, -0.25) is 0 Å². The average Bonchev–Trinajstić information content (AvgIpc) is 1.87. The standard InChI is InChI=1S/C8H18OSi/c1-8(2)7-10-6-4-3-5-9/h7,9H,3-6,10H2,1-2H3. The van der Waals surface area contributed by atoms with Crippen LogP contribution < -0.4 is 0 Å². The van der Waals surface area contributed by atoms with Gasteiger partial charge < -0.3 is 5.11 Å². The molecule has 0 fully saturated rings. The minimum absolute atomic E-state index is 0.0704. The molecule has 0 unspecified atom stereocenters. The predicted molar refractivity (Wildman–Crippen MR) is 49.1 cm³/mol. The first-order valence-electron chi connectivity index (χ1n) is 4.01. The molecular formula is C8H18OSi. The van der Waals surface area contributed by atoms with Crippen molar-refractivity contribution in [1.29, 1.82) is 0 Å². The van der Waals surface area contributed by atoms with Gasteiger partial charge in [0.05, 0.1) is 0 Å². The Hall–Kier alpha value is -0.0831. The third-order valence-electron chi connectivity index (χ3n) is 1.41. The fourth-order valence-electron chi connectivity index (χ4n) is 0.824. The topological polar surface area (TPSA) is 20.2 Å². The number of hydrogen-bond acceptors (Lipinski definition) is 1. The van der Waals surface area contributed by atoms with Crippen molar-refractivity contribution in [2.75, 3.05) is 6.61 Å². The maximum Gasteiger partial charge on any atom is 0.0453 e. The lowest BCUT2D eigenvalue weighted by Crippen LogP contribution is -1.88. The second-order valence-electron chi connectivity index (χ2n) is 2.85. The van der Waals surface area contributed by atoms with Gasteiger partial charge >= 0.3 is 0 Å². The Balaban J connectivity index is 2.98. The summed E-state index contributed by atoms with van der Waals surface area (Å²) in [6, 6.07) is 1.35. The Labute approximate surface area is 66.0 Å². The van der Waals surface area contributed by atoms with Crippen molar-refractivity contribution >= 4 is 9.52 Å². The van der Waals surface area contributed by atoms with Gasteiger partial charge in [-0.2, -0.15) is 0 Å². The molecule has 0 aromatic carbocycles. The summed E-state index contributed by atoms with van der Waals surface area (Å²) < 4.78 is 0. The minimum atomic E-state index is 0.0704. The van der Waals surface area contributed by atoms with Crippen LogP contribution in [-0.4, -0.2) is 21.2 Å². The summed E-state index contributed by atoms with van der Waals surface area (Å²) in [7, 11) is 0.0704. The molecule has 0 saturated carbocycles. The Bertz CT molecular complexity index is 95.4. The lowest BCUT2D eigenvalue weighted by atomic mass is 10.4. The number of allylic oxidation sites excluding steroid dienone is 1. The average molecular weight is 158 g/mol. The highest BCUT2D eigenvalue weighted by Gasteiger charge is 1.85. The van der Waals surface area contributed by atoms with E-state index in [2.05, 4.69) is 19.5 Å². The SMILES string of the molecule is CC(C)=C[SiH2]CCCCO. The van der Waals surface area contributed by atoms with Gasteiger partial charge in [-0.15, -0.1) is 5.70 Å². The highest BCUT2D eigenvalue weighted by molar-refractivity contribution is 6.42. The van der Waals surface area contributed by atoms with Crippen LogP contribution >= 0.6 is 0 Å². The number of rotatable bonds is 5. The van der Waals surface area contributed by atoms with E-state index in [1.807, 2.05) is 0 Å². The molecule has 0 rings (SSSR count). The van der Waals surface area contributed by atoms with Crippen LogP contribution in [0, 0.1) is 0 Å². The smallest absolute Gasteiger partial charge is 0.0453 e. The van der Waals surface area contributed by atoms with E-state index in [0.717, 1.165) is 6.42 Å². The zero-order chi connectivity index (χ0) is 7.82. The molecule has 0 aromatic rings. The van der Waals surface area contributed by atoms with Crippen molar-refractivity contribution in [1.82, 2.24) is 0 Å². The number of unbranched alkanes of at least 4 members (excludes halogenated alkanes) is 1.